The summed E-state index contributed by atoms with van der Waals surface area (Å²) in [5.41, 5.74) is 8.03. The van der Waals surface area contributed by atoms with Gasteiger partial charge >= 0.3 is 0 Å². The molecule has 0 saturated carbocycles. The molecule has 0 saturated heterocycles. The SMILES string of the molecule is COCC(N)C(=O)Nc1ccc(Sc2nncs2)cc1.Cl. The van der Waals surface area contributed by atoms with Crippen LogP contribution in [0.15, 0.2) is 39.0 Å². The number of benzene rings is 1. The second kappa shape index (κ2) is 8.96. The lowest BCUT2D eigenvalue weighted by Crippen LogP contribution is -2.39. The molecule has 3 N–H and O–H groups in total. The average Bonchev–Trinajstić information content (AvgIpc) is 2.94. The number of methoxy groups -OCH3 is 1. The standard InChI is InChI=1S/C12H14N4O2S2.ClH/c1-18-6-10(13)11(17)15-8-2-4-9(5-3-8)20-12-16-14-7-19-12;/h2-5,7,10H,6,13H2,1H3,(H,15,17);1H. The number of hydrogen-bond acceptors (Lipinski definition) is 7. The van der Waals surface area contributed by atoms with E-state index >= 15 is 0 Å². The molecule has 0 bridgehead atoms. The van der Waals surface area contributed by atoms with Crippen molar-refractivity contribution in [2.75, 3.05) is 19.0 Å². The maximum absolute atomic E-state index is 11.7. The first kappa shape index (κ1) is 17.9. The molecule has 6 nitrogen and oxygen atoms in total. The van der Waals surface area contributed by atoms with Crippen LogP contribution in [0.1, 0.15) is 0 Å². The van der Waals surface area contributed by atoms with Gasteiger partial charge in [0.25, 0.3) is 0 Å². The number of nitrogens with two attached hydrogens (primary N) is 1. The highest BCUT2D eigenvalue weighted by atomic mass is 35.5. The molecule has 1 unspecified atom stereocenters. The number of anilines is 1. The fraction of sp³-hybridized carbons (Fsp3) is 0.250. The van der Waals surface area contributed by atoms with Gasteiger partial charge in [-0.25, -0.2) is 0 Å². The molecule has 0 aliphatic heterocycles. The Kier molecular flexibility index (Phi) is 7.62. The second-order valence-electron chi connectivity index (χ2n) is 3.88. The van der Waals surface area contributed by atoms with Gasteiger partial charge in [0.05, 0.1) is 6.61 Å². The Balaban J connectivity index is 0.00000220. The van der Waals surface area contributed by atoms with Crippen LogP contribution in [0, 0.1) is 0 Å². The lowest BCUT2D eigenvalue weighted by atomic mass is 10.2. The molecule has 0 aliphatic rings. The maximum Gasteiger partial charge on any atom is 0.243 e. The van der Waals surface area contributed by atoms with Gasteiger partial charge in [0, 0.05) is 17.7 Å². The molecule has 1 aromatic heterocycles. The van der Waals surface area contributed by atoms with Crippen LogP contribution in [0.4, 0.5) is 5.69 Å². The first-order valence-corrected chi connectivity index (χ1v) is 7.48. The maximum atomic E-state index is 11.7. The molecular formula is C12H15ClN4O2S2. The molecular weight excluding hydrogens is 332 g/mol. The molecule has 1 atom stereocenters. The van der Waals surface area contributed by atoms with E-state index in [0.717, 1.165) is 9.24 Å². The fourth-order valence-corrected chi connectivity index (χ4v) is 2.86. The normalized spacial score (nSPS) is 11.5. The summed E-state index contributed by atoms with van der Waals surface area (Å²) in [5, 5.41) is 10.5. The third-order valence-electron chi connectivity index (χ3n) is 2.35. The molecule has 1 heterocycles. The highest BCUT2D eigenvalue weighted by molar-refractivity contribution is 8.01. The monoisotopic (exact) mass is 346 g/mol. The van der Waals surface area contributed by atoms with Gasteiger partial charge in [-0.2, -0.15) is 0 Å². The number of halogens is 1. The van der Waals surface area contributed by atoms with E-state index in [1.807, 2.05) is 24.3 Å². The van der Waals surface area contributed by atoms with E-state index in [0.29, 0.717) is 5.69 Å². The van der Waals surface area contributed by atoms with Gasteiger partial charge < -0.3 is 15.8 Å². The minimum absolute atomic E-state index is 0. The highest BCUT2D eigenvalue weighted by Gasteiger charge is 2.12. The molecule has 114 valence electrons. The molecule has 2 aromatic rings. The van der Waals surface area contributed by atoms with Crippen molar-refractivity contribution in [2.45, 2.75) is 15.3 Å². The summed E-state index contributed by atoms with van der Waals surface area (Å²) in [4.78, 5) is 12.7. The highest BCUT2D eigenvalue weighted by Crippen LogP contribution is 2.29. The Labute approximate surface area is 136 Å². The van der Waals surface area contributed by atoms with E-state index in [2.05, 4.69) is 15.5 Å². The minimum atomic E-state index is -0.671. The van der Waals surface area contributed by atoms with Crippen LogP contribution in [-0.4, -0.2) is 35.9 Å². The van der Waals surface area contributed by atoms with Gasteiger partial charge in [0.15, 0.2) is 4.34 Å². The number of carbonyl (C=O) groups is 1. The topological polar surface area (TPSA) is 90.1 Å². The molecule has 1 amide bonds. The van der Waals surface area contributed by atoms with Crippen molar-refractivity contribution in [1.82, 2.24) is 10.2 Å². The lowest BCUT2D eigenvalue weighted by Gasteiger charge is -2.11. The molecule has 1 aromatic carbocycles. The van der Waals surface area contributed by atoms with E-state index in [1.54, 1.807) is 5.51 Å². The smallest absolute Gasteiger partial charge is 0.243 e. The number of nitrogens with zero attached hydrogens (tertiary/aromatic N) is 2. The Morgan fingerprint density at radius 3 is 2.76 bits per heavy atom. The molecule has 0 fully saturated rings. The first-order valence-electron chi connectivity index (χ1n) is 5.78. The Bertz CT molecular complexity index is 551. The fourth-order valence-electron chi connectivity index (χ4n) is 1.40. The number of aromatic nitrogens is 2. The van der Waals surface area contributed by atoms with Crippen molar-refractivity contribution in [2.24, 2.45) is 5.73 Å². The largest absolute Gasteiger partial charge is 0.383 e. The number of hydrogen-bond donors (Lipinski definition) is 2. The summed E-state index contributed by atoms with van der Waals surface area (Å²) >= 11 is 3.01. The Hall–Kier alpha value is -1.19. The van der Waals surface area contributed by atoms with Crippen LogP contribution < -0.4 is 11.1 Å². The number of carbonyl (C=O) groups excluding carboxylic acids is 1. The summed E-state index contributed by atoms with van der Waals surface area (Å²) in [7, 11) is 1.51. The van der Waals surface area contributed by atoms with Gasteiger partial charge in [-0.3, -0.25) is 4.79 Å². The number of nitrogens with one attached hydrogen (secondary N) is 1. The summed E-state index contributed by atoms with van der Waals surface area (Å²) in [6.45, 7) is 0.191. The third kappa shape index (κ3) is 5.60. The zero-order valence-corrected chi connectivity index (χ0v) is 13.6. The van der Waals surface area contributed by atoms with Crippen LogP contribution in [-0.2, 0) is 9.53 Å². The van der Waals surface area contributed by atoms with E-state index in [1.165, 1.54) is 30.2 Å². The quantitative estimate of drug-likeness (QED) is 0.831. The Morgan fingerprint density at radius 2 is 2.19 bits per heavy atom. The molecule has 21 heavy (non-hydrogen) atoms. The summed E-state index contributed by atoms with van der Waals surface area (Å²) in [6.07, 6.45) is 0. The van der Waals surface area contributed by atoms with E-state index in [-0.39, 0.29) is 24.9 Å². The van der Waals surface area contributed by atoms with Gasteiger partial charge in [0.2, 0.25) is 5.91 Å². The average molecular weight is 347 g/mol. The van der Waals surface area contributed by atoms with Crippen LogP contribution >= 0.6 is 35.5 Å². The van der Waals surface area contributed by atoms with Gasteiger partial charge in [0.1, 0.15) is 11.6 Å². The zero-order chi connectivity index (χ0) is 14.4. The summed E-state index contributed by atoms with van der Waals surface area (Å²) in [5.74, 6) is -0.267. The molecule has 2 rings (SSSR count). The van der Waals surface area contributed by atoms with Crippen molar-refractivity contribution < 1.29 is 9.53 Å². The van der Waals surface area contributed by atoms with Crippen LogP contribution in [0.5, 0.6) is 0 Å². The van der Waals surface area contributed by atoms with E-state index < -0.39 is 6.04 Å². The molecule has 9 heteroatoms. The minimum Gasteiger partial charge on any atom is -0.383 e. The summed E-state index contributed by atoms with van der Waals surface area (Å²) in [6, 6.07) is 6.78. The van der Waals surface area contributed by atoms with Crippen molar-refractivity contribution in [1.29, 1.82) is 0 Å². The second-order valence-corrected chi connectivity index (χ2v) is 6.04. The summed E-state index contributed by atoms with van der Waals surface area (Å²) < 4.78 is 5.72. The first-order chi connectivity index (χ1) is 9.69. The van der Waals surface area contributed by atoms with Crippen molar-refractivity contribution in [3.8, 4) is 0 Å². The van der Waals surface area contributed by atoms with E-state index in [4.69, 9.17) is 10.5 Å². The van der Waals surface area contributed by atoms with Gasteiger partial charge in [-0.1, -0.05) is 23.1 Å². The van der Waals surface area contributed by atoms with Crippen molar-refractivity contribution in [3.05, 3.63) is 29.8 Å². The van der Waals surface area contributed by atoms with Gasteiger partial charge in [-0.15, -0.1) is 22.6 Å². The molecule has 0 spiro atoms. The number of ether oxygens (including phenoxy) is 1. The molecule has 0 aliphatic carbocycles. The number of rotatable bonds is 6. The lowest BCUT2D eigenvalue weighted by molar-refractivity contribution is -0.118. The Morgan fingerprint density at radius 1 is 1.48 bits per heavy atom. The van der Waals surface area contributed by atoms with Crippen LogP contribution in [0.3, 0.4) is 0 Å². The zero-order valence-electron chi connectivity index (χ0n) is 11.2. The third-order valence-corrected chi connectivity index (χ3v) is 4.14. The van der Waals surface area contributed by atoms with Gasteiger partial charge in [-0.05, 0) is 24.3 Å². The van der Waals surface area contributed by atoms with Crippen LogP contribution in [0.2, 0.25) is 0 Å². The van der Waals surface area contributed by atoms with Crippen LogP contribution in [0.25, 0.3) is 0 Å². The molecule has 0 radical (unpaired) electrons. The van der Waals surface area contributed by atoms with Crippen molar-refractivity contribution >= 4 is 47.1 Å². The number of amides is 1. The van der Waals surface area contributed by atoms with Crippen molar-refractivity contribution in [3.63, 3.8) is 0 Å². The van der Waals surface area contributed by atoms with E-state index in [9.17, 15) is 4.79 Å². The predicted molar refractivity (Wildman–Crippen MR) is 86.2 cm³/mol. The predicted octanol–water partition coefficient (Wildman–Crippen LogP) is 2.02.